The molecule has 0 bridgehead atoms. The molecule has 3 aromatic rings. The molecule has 0 saturated carbocycles. The number of aryl methyl sites for hydroxylation is 1. The van der Waals surface area contributed by atoms with E-state index in [4.69, 9.17) is 4.74 Å². The number of anilines is 2. The molecule has 1 heterocycles. The van der Waals surface area contributed by atoms with Crippen LogP contribution in [0.25, 0.3) is 0 Å². The van der Waals surface area contributed by atoms with E-state index in [1.165, 1.54) is 41.0 Å². The van der Waals surface area contributed by atoms with E-state index in [2.05, 4.69) is 10.3 Å². The fraction of sp³-hybridized carbons (Fsp3) is 0.200. The van der Waals surface area contributed by atoms with E-state index in [0.717, 1.165) is 5.01 Å². The molecule has 0 fully saturated rings. The summed E-state index contributed by atoms with van der Waals surface area (Å²) in [4.78, 5) is 16.7. The number of sulfonamides is 1. The number of nitrogens with zero attached hydrogens (tertiary/aromatic N) is 2. The van der Waals surface area contributed by atoms with Crippen molar-refractivity contribution in [1.82, 2.24) is 4.98 Å². The molecule has 1 amide bonds. The lowest BCUT2D eigenvalue weighted by Crippen LogP contribution is -2.30. The first kappa shape index (κ1) is 20.8. The smallest absolute Gasteiger partial charge is 0.275 e. The van der Waals surface area contributed by atoms with E-state index in [0.29, 0.717) is 11.4 Å². The van der Waals surface area contributed by atoms with Gasteiger partial charge in [0.25, 0.3) is 15.9 Å². The maximum absolute atomic E-state index is 13.2. The number of carbonyl (C=O) groups is 1. The Kier molecular flexibility index (Phi) is 6.19. The summed E-state index contributed by atoms with van der Waals surface area (Å²) in [6.07, 6.45) is 0. The molecule has 7 nitrogen and oxygen atoms in total. The summed E-state index contributed by atoms with van der Waals surface area (Å²) >= 11 is 1.36. The van der Waals surface area contributed by atoms with Crippen molar-refractivity contribution >= 4 is 38.6 Å². The molecule has 0 atom stereocenters. The topological polar surface area (TPSA) is 88.6 Å². The number of para-hydroxylation sites is 1. The third kappa shape index (κ3) is 4.41. The molecule has 0 aliphatic rings. The van der Waals surface area contributed by atoms with Crippen LogP contribution in [0.1, 0.15) is 22.4 Å². The molecule has 0 saturated heterocycles. The van der Waals surface area contributed by atoms with Crippen molar-refractivity contribution in [2.75, 3.05) is 23.3 Å². The molecular formula is C20H21N3O4S2. The normalized spacial score (nSPS) is 11.1. The number of ether oxygens (including phenoxy) is 1. The average molecular weight is 432 g/mol. The number of aromatic nitrogens is 1. The van der Waals surface area contributed by atoms with Gasteiger partial charge in [-0.1, -0.05) is 18.2 Å². The summed E-state index contributed by atoms with van der Waals surface area (Å²) in [6.45, 7) is 3.83. The van der Waals surface area contributed by atoms with Crippen molar-refractivity contribution in [3.63, 3.8) is 0 Å². The van der Waals surface area contributed by atoms with Gasteiger partial charge in [-0.2, -0.15) is 0 Å². The fourth-order valence-electron chi connectivity index (χ4n) is 2.81. The Morgan fingerprint density at radius 3 is 2.52 bits per heavy atom. The van der Waals surface area contributed by atoms with Gasteiger partial charge in [0.2, 0.25) is 0 Å². The van der Waals surface area contributed by atoms with Gasteiger partial charge in [0.05, 0.1) is 28.4 Å². The van der Waals surface area contributed by atoms with E-state index < -0.39 is 15.9 Å². The van der Waals surface area contributed by atoms with E-state index >= 15 is 0 Å². The highest BCUT2D eigenvalue weighted by Gasteiger charge is 2.25. The first-order valence-electron chi connectivity index (χ1n) is 8.86. The summed E-state index contributed by atoms with van der Waals surface area (Å²) < 4.78 is 33.1. The van der Waals surface area contributed by atoms with Gasteiger partial charge in [-0.15, -0.1) is 11.3 Å². The average Bonchev–Trinajstić information content (AvgIpc) is 3.15. The Balaban J connectivity index is 1.98. The number of nitrogens with one attached hydrogen (secondary N) is 1. The van der Waals surface area contributed by atoms with Crippen molar-refractivity contribution in [2.24, 2.45) is 0 Å². The molecule has 1 aromatic heterocycles. The molecule has 1 N–H and O–H groups in total. The number of benzene rings is 2. The monoisotopic (exact) mass is 431 g/mol. The lowest BCUT2D eigenvalue weighted by atomic mass is 10.3. The molecule has 3 rings (SSSR count). The SMILES string of the molecule is CCN(c1ccccc1)S(=O)(=O)c1ccc(OC)c(NC(=O)c2csc(C)n2)c1. The van der Waals surface area contributed by atoms with Gasteiger partial charge in [0.15, 0.2) is 0 Å². The number of rotatable bonds is 7. The third-order valence-electron chi connectivity index (χ3n) is 4.19. The van der Waals surface area contributed by atoms with Gasteiger partial charge in [0.1, 0.15) is 11.4 Å². The van der Waals surface area contributed by atoms with Crippen LogP contribution in [-0.4, -0.2) is 33.0 Å². The van der Waals surface area contributed by atoms with Crippen molar-refractivity contribution in [1.29, 1.82) is 0 Å². The van der Waals surface area contributed by atoms with Gasteiger partial charge >= 0.3 is 0 Å². The summed E-state index contributed by atoms with van der Waals surface area (Å²) in [7, 11) is -2.38. The van der Waals surface area contributed by atoms with Crippen molar-refractivity contribution in [3.05, 3.63) is 64.6 Å². The van der Waals surface area contributed by atoms with Gasteiger partial charge in [0, 0.05) is 11.9 Å². The van der Waals surface area contributed by atoms with Crippen molar-refractivity contribution in [2.45, 2.75) is 18.7 Å². The number of methoxy groups -OCH3 is 1. The minimum absolute atomic E-state index is 0.0498. The van der Waals surface area contributed by atoms with E-state index in [-0.39, 0.29) is 22.8 Å². The van der Waals surface area contributed by atoms with Gasteiger partial charge < -0.3 is 10.1 Å². The highest BCUT2D eigenvalue weighted by molar-refractivity contribution is 7.92. The molecule has 0 radical (unpaired) electrons. The molecule has 0 unspecified atom stereocenters. The summed E-state index contributed by atoms with van der Waals surface area (Å²) in [5.41, 5.74) is 1.09. The number of hydrogen-bond donors (Lipinski definition) is 1. The van der Waals surface area contributed by atoms with Gasteiger partial charge in [-0.3, -0.25) is 9.10 Å². The predicted octanol–water partition coefficient (Wildman–Crippen LogP) is 3.93. The Labute approximate surface area is 174 Å². The standard InChI is InChI=1S/C20H21N3O4S2/c1-4-23(15-8-6-5-7-9-15)29(25,26)16-10-11-19(27-3)17(12-16)22-20(24)18-13-28-14(2)21-18/h5-13H,4H2,1-3H3,(H,22,24). The predicted molar refractivity (Wildman–Crippen MR) is 114 cm³/mol. The van der Waals surface area contributed by atoms with Crippen LogP contribution in [0, 0.1) is 6.92 Å². The van der Waals surface area contributed by atoms with Gasteiger partial charge in [-0.05, 0) is 44.2 Å². The summed E-state index contributed by atoms with van der Waals surface area (Å²) in [5.74, 6) is -0.0791. The highest BCUT2D eigenvalue weighted by atomic mass is 32.2. The second-order valence-electron chi connectivity index (χ2n) is 6.07. The molecule has 0 spiro atoms. The molecule has 9 heteroatoms. The lowest BCUT2D eigenvalue weighted by molar-refractivity contribution is 0.102. The maximum atomic E-state index is 13.2. The number of amides is 1. The fourth-order valence-corrected chi connectivity index (χ4v) is 4.91. The Hall–Kier alpha value is -2.91. The van der Waals surface area contributed by atoms with Crippen LogP contribution in [0.4, 0.5) is 11.4 Å². The number of carbonyl (C=O) groups excluding carboxylic acids is 1. The largest absolute Gasteiger partial charge is 0.495 e. The Bertz CT molecular complexity index is 1110. The minimum atomic E-state index is -3.84. The van der Waals surface area contributed by atoms with Crippen LogP contribution >= 0.6 is 11.3 Å². The lowest BCUT2D eigenvalue weighted by Gasteiger charge is -2.23. The molecule has 2 aromatic carbocycles. The van der Waals surface area contributed by atoms with E-state index in [1.54, 1.807) is 43.5 Å². The minimum Gasteiger partial charge on any atom is -0.495 e. The first-order chi connectivity index (χ1) is 13.9. The zero-order valence-electron chi connectivity index (χ0n) is 16.2. The number of thiazole rings is 1. The molecular weight excluding hydrogens is 410 g/mol. The van der Waals surface area contributed by atoms with Crippen LogP contribution in [0.2, 0.25) is 0 Å². The summed E-state index contributed by atoms with van der Waals surface area (Å²) in [6, 6.07) is 13.2. The maximum Gasteiger partial charge on any atom is 0.275 e. The van der Waals surface area contributed by atoms with Crippen LogP contribution in [-0.2, 0) is 10.0 Å². The third-order valence-corrected chi connectivity index (χ3v) is 6.86. The molecule has 152 valence electrons. The number of hydrogen-bond acceptors (Lipinski definition) is 6. The van der Waals surface area contributed by atoms with Crippen molar-refractivity contribution < 1.29 is 17.9 Å². The first-order valence-corrected chi connectivity index (χ1v) is 11.2. The van der Waals surface area contributed by atoms with Crippen LogP contribution < -0.4 is 14.4 Å². The van der Waals surface area contributed by atoms with Gasteiger partial charge in [-0.25, -0.2) is 13.4 Å². The van der Waals surface area contributed by atoms with Crippen LogP contribution in [0.15, 0.2) is 58.8 Å². The van der Waals surface area contributed by atoms with Crippen molar-refractivity contribution in [3.8, 4) is 5.75 Å². The van der Waals surface area contributed by atoms with E-state index in [1.807, 2.05) is 6.07 Å². The zero-order chi connectivity index (χ0) is 21.0. The Morgan fingerprint density at radius 2 is 1.93 bits per heavy atom. The molecule has 0 aliphatic carbocycles. The quantitative estimate of drug-likeness (QED) is 0.612. The Morgan fingerprint density at radius 1 is 1.21 bits per heavy atom. The van der Waals surface area contributed by atoms with Crippen LogP contribution in [0.3, 0.4) is 0 Å². The summed E-state index contributed by atoms with van der Waals surface area (Å²) in [5, 5.41) is 5.11. The second-order valence-corrected chi connectivity index (χ2v) is 9.00. The second kappa shape index (κ2) is 8.62. The van der Waals surface area contributed by atoms with Crippen LogP contribution in [0.5, 0.6) is 5.75 Å². The van der Waals surface area contributed by atoms with E-state index in [9.17, 15) is 13.2 Å². The molecule has 0 aliphatic heterocycles. The molecule has 29 heavy (non-hydrogen) atoms. The zero-order valence-corrected chi connectivity index (χ0v) is 17.9. The highest BCUT2D eigenvalue weighted by Crippen LogP contribution is 2.31.